The van der Waals surface area contributed by atoms with E-state index in [-0.39, 0.29) is 12.3 Å². The third-order valence-electron chi connectivity index (χ3n) is 6.34. The van der Waals surface area contributed by atoms with Crippen molar-refractivity contribution in [2.24, 2.45) is 11.7 Å². The van der Waals surface area contributed by atoms with Crippen LogP contribution in [0.25, 0.3) is 0 Å². The number of carbonyl (C=O) groups excluding carboxylic acids is 2. The fraction of sp³-hybridized carbons (Fsp3) is 0.435. The van der Waals surface area contributed by atoms with E-state index in [9.17, 15) is 27.9 Å². The first-order valence-corrected chi connectivity index (χ1v) is 10.6. The molecular weight excluding hydrogens is 437 g/mol. The fourth-order valence-electron chi connectivity index (χ4n) is 4.90. The lowest BCUT2D eigenvalue weighted by atomic mass is 9.86. The second-order valence-corrected chi connectivity index (χ2v) is 8.47. The summed E-state index contributed by atoms with van der Waals surface area (Å²) in [6.45, 7) is -0.464. The number of rotatable bonds is 4. The van der Waals surface area contributed by atoms with Crippen molar-refractivity contribution in [1.82, 2.24) is 9.80 Å². The largest absolute Gasteiger partial charge is 0.416 e. The summed E-state index contributed by atoms with van der Waals surface area (Å²) in [5.74, 6) is -1.11. The van der Waals surface area contributed by atoms with E-state index < -0.39 is 48.4 Å². The standard InChI is InChI=1S/C23H23F3N4O3/c24-23(25,26)15-2-1-3-16(10-15)30-17-8-9-18(31)20(17)21(29(22(30)33)12-19(28)32)14-6-4-13(11-27)5-7-14/h1-2,4,6-7,10,13,16,18,21,31H,3,5,8-9,12H2,(H2,28,32). The van der Waals surface area contributed by atoms with Gasteiger partial charge in [0.15, 0.2) is 0 Å². The zero-order valence-electron chi connectivity index (χ0n) is 17.6. The number of urea groups is 1. The Labute approximate surface area is 188 Å². The lowest BCUT2D eigenvalue weighted by molar-refractivity contribution is -0.119. The van der Waals surface area contributed by atoms with Crippen LogP contribution in [0, 0.1) is 17.2 Å². The van der Waals surface area contributed by atoms with Crippen molar-refractivity contribution in [2.45, 2.75) is 50.0 Å². The number of halogens is 3. The normalized spacial score (nSPS) is 29.6. The summed E-state index contributed by atoms with van der Waals surface area (Å²) in [4.78, 5) is 28.0. The molecule has 0 saturated heterocycles. The van der Waals surface area contributed by atoms with Gasteiger partial charge in [-0.05, 0) is 37.3 Å². The molecule has 4 rings (SSSR count). The van der Waals surface area contributed by atoms with Gasteiger partial charge in [0.1, 0.15) is 6.54 Å². The van der Waals surface area contributed by atoms with E-state index in [1.54, 1.807) is 18.2 Å². The maximum Gasteiger partial charge on any atom is 0.416 e. The first-order chi connectivity index (χ1) is 15.6. The number of nitrogens with zero attached hydrogens (tertiary/aromatic N) is 3. The van der Waals surface area contributed by atoms with Crippen LogP contribution in [0.15, 0.2) is 58.9 Å². The molecule has 0 spiro atoms. The number of allylic oxidation sites excluding steroid dienone is 5. The van der Waals surface area contributed by atoms with Crippen LogP contribution >= 0.6 is 0 Å². The lowest BCUT2D eigenvalue weighted by Crippen LogP contribution is -2.58. The molecule has 1 aliphatic heterocycles. The molecule has 0 saturated carbocycles. The lowest BCUT2D eigenvalue weighted by Gasteiger charge is -2.46. The van der Waals surface area contributed by atoms with Crippen molar-refractivity contribution in [2.75, 3.05) is 6.54 Å². The molecule has 7 nitrogen and oxygen atoms in total. The van der Waals surface area contributed by atoms with Crippen molar-refractivity contribution in [3.05, 3.63) is 58.9 Å². The average Bonchev–Trinajstić information content (AvgIpc) is 3.14. The van der Waals surface area contributed by atoms with E-state index in [4.69, 9.17) is 11.0 Å². The fourth-order valence-corrected chi connectivity index (χ4v) is 4.90. The van der Waals surface area contributed by atoms with Crippen molar-refractivity contribution >= 4 is 11.9 Å². The highest BCUT2D eigenvalue weighted by Gasteiger charge is 2.48. The number of amides is 3. The minimum absolute atomic E-state index is 0.166. The van der Waals surface area contributed by atoms with Gasteiger partial charge in [-0.2, -0.15) is 18.4 Å². The molecule has 33 heavy (non-hydrogen) atoms. The van der Waals surface area contributed by atoms with Crippen LogP contribution in [0.3, 0.4) is 0 Å². The number of hydrogen-bond acceptors (Lipinski definition) is 4. The summed E-state index contributed by atoms with van der Waals surface area (Å²) in [5.41, 5.74) is 6.17. The van der Waals surface area contributed by atoms with Gasteiger partial charge >= 0.3 is 12.2 Å². The SMILES string of the molecule is N#CC1C=CC(C2C3=C(CCC3O)N(C3C=C(C(F)(F)F)C=CC3)C(=O)N2CC(N)=O)=CC1. The van der Waals surface area contributed by atoms with Crippen molar-refractivity contribution in [3.63, 3.8) is 0 Å². The first-order valence-electron chi connectivity index (χ1n) is 10.6. The molecule has 10 heteroatoms. The van der Waals surface area contributed by atoms with Gasteiger partial charge in [-0.3, -0.25) is 9.69 Å². The van der Waals surface area contributed by atoms with Crippen LogP contribution in [0.4, 0.5) is 18.0 Å². The van der Waals surface area contributed by atoms with Gasteiger partial charge < -0.3 is 15.7 Å². The summed E-state index contributed by atoms with van der Waals surface area (Å²) >= 11 is 0. The molecular formula is C23H23F3N4O3. The predicted octanol–water partition coefficient (Wildman–Crippen LogP) is 2.83. The number of hydrogen-bond donors (Lipinski definition) is 2. The highest BCUT2D eigenvalue weighted by atomic mass is 19.4. The number of aliphatic hydroxyl groups excluding tert-OH is 1. The van der Waals surface area contributed by atoms with Crippen molar-refractivity contribution in [3.8, 4) is 6.07 Å². The topological polar surface area (TPSA) is 111 Å². The Kier molecular flexibility index (Phi) is 5.93. The van der Waals surface area contributed by atoms with E-state index in [0.717, 1.165) is 12.2 Å². The van der Waals surface area contributed by atoms with Gasteiger partial charge in [-0.15, -0.1) is 0 Å². The van der Waals surface area contributed by atoms with Gasteiger partial charge in [-0.25, -0.2) is 4.79 Å². The zero-order chi connectivity index (χ0) is 23.9. The Morgan fingerprint density at radius 2 is 2.06 bits per heavy atom. The number of carbonyl (C=O) groups is 2. The maximum atomic E-state index is 13.6. The Bertz CT molecular complexity index is 1060. The second kappa shape index (κ2) is 8.56. The quantitative estimate of drug-likeness (QED) is 0.672. The summed E-state index contributed by atoms with van der Waals surface area (Å²) in [6, 6.07) is -0.192. The van der Waals surface area contributed by atoms with Gasteiger partial charge in [0.2, 0.25) is 5.91 Å². The second-order valence-electron chi connectivity index (χ2n) is 8.47. The summed E-state index contributed by atoms with van der Waals surface area (Å²) in [6.07, 6.45) is 4.24. The molecule has 0 fully saturated rings. The smallest absolute Gasteiger partial charge is 0.389 e. The third-order valence-corrected chi connectivity index (χ3v) is 6.34. The molecule has 3 amide bonds. The monoisotopic (exact) mass is 460 g/mol. The Balaban J connectivity index is 1.81. The number of primary amides is 1. The molecule has 3 aliphatic carbocycles. The minimum atomic E-state index is -4.56. The molecule has 174 valence electrons. The van der Waals surface area contributed by atoms with Crippen LogP contribution in [-0.2, 0) is 4.79 Å². The zero-order valence-corrected chi connectivity index (χ0v) is 17.6. The van der Waals surface area contributed by atoms with E-state index in [0.29, 0.717) is 36.1 Å². The highest BCUT2D eigenvalue weighted by molar-refractivity contribution is 5.87. The highest BCUT2D eigenvalue weighted by Crippen LogP contribution is 2.43. The number of nitrogens with two attached hydrogens (primary N) is 1. The maximum absolute atomic E-state index is 13.6. The molecule has 3 N–H and O–H groups in total. The van der Waals surface area contributed by atoms with Crippen LogP contribution in [0.5, 0.6) is 0 Å². The molecule has 4 unspecified atom stereocenters. The van der Waals surface area contributed by atoms with Gasteiger partial charge in [-0.1, -0.05) is 30.4 Å². The Hall–Kier alpha value is -3.32. The molecule has 0 radical (unpaired) electrons. The van der Waals surface area contributed by atoms with Crippen molar-refractivity contribution in [1.29, 1.82) is 5.26 Å². The molecule has 4 atom stereocenters. The summed E-state index contributed by atoms with van der Waals surface area (Å²) in [7, 11) is 0. The average molecular weight is 460 g/mol. The van der Waals surface area contributed by atoms with Gasteiger partial charge in [0, 0.05) is 11.3 Å². The van der Waals surface area contributed by atoms with Crippen LogP contribution in [-0.4, -0.2) is 57.8 Å². The Morgan fingerprint density at radius 1 is 1.30 bits per heavy atom. The molecule has 0 aromatic rings. The number of nitriles is 1. The number of aliphatic hydroxyl groups is 1. The van der Waals surface area contributed by atoms with Crippen LogP contribution < -0.4 is 5.73 Å². The Morgan fingerprint density at radius 3 is 2.67 bits per heavy atom. The molecule has 1 heterocycles. The predicted molar refractivity (Wildman–Crippen MR) is 112 cm³/mol. The third kappa shape index (κ3) is 4.20. The van der Waals surface area contributed by atoms with Gasteiger partial charge in [0.25, 0.3) is 0 Å². The molecule has 4 aliphatic rings. The van der Waals surface area contributed by atoms with Crippen LogP contribution in [0.2, 0.25) is 0 Å². The van der Waals surface area contributed by atoms with Crippen molar-refractivity contribution < 1.29 is 27.9 Å². The van der Waals surface area contributed by atoms with Crippen LogP contribution in [0.1, 0.15) is 25.7 Å². The molecule has 0 aromatic heterocycles. The van der Waals surface area contributed by atoms with Gasteiger partial charge in [0.05, 0.1) is 35.7 Å². The first kappa shape index (κ1) is 22.9. The number of alkyl halides is 3. The van der Waals surface area contributed by atoms with E-state index >= 15 is 0 Å². The van der Waals surface area contributed by atoms with E-state index in [2.05, 4.69) is 6.07 Å². The molecule has 0 bridgehead atoms. The minimum Gasteiger partial charge on any atom is -0.389 e. The molecule has 0 aromatic carbocycles. The van der Waals surface area contributed by atoms with E-state index in [1.165, 1.54) is 15.9 Å². The van der Waals surface area contributed by atoms with E-state index in [1.807, 2.05) is 0 Å². The summed E-state index contributed by atoms with van der Waals surface area (Å²) in [5, 5.41) is 20.0. The summed E-state index contributed by atoms with van der Waals surface area (Å²) < 4.78 is 40.0.